The third kappa shape index (κ3) is 5.32. The molecule has 1 N–H and O–H groups in total. The second kappa shape index (κ2) is 13.6. The van der Waals surface area contributed by atoms with Gasteiger partial charge >= 0.3 is 0 Å². The van der Waals surface area contributed by atoms with Crippen molar-refractivity contribution in [1.82, 2.24) is 4.90 Å². The molecule has 2 aliphatic heterocycles. The zero-order valence-corrected chi connectivity index (χ0v) is 30.5. The van der Waals surface area contributed by atoms with Gasteiger partial charge in [0.25, 0.3) is 0 Å². The molecule has 9 rings (SSSR count). The minimum absolute atomic E-state index is 0.0811. The van der Waals surface area contributed by atoms with E-state index in [1.54, 1.807) is 47.4 Å². The Bertz CT molecular complexity index is 2180. The fraction of sp³-hybridized carbons (Fsp3) is 0.333. The average molecular weight is 741 g/mol. The molecule has 9 heteroatoms. The lowest BCUT2D eigenvalue weighted by Gasteiger charge is -2.50. The second-order valence-corrected chi connectivity index (χ2v) is 15.9. The molecular formula is C45H41ClN2O6. The van der Waals surface area contributed by atoms with E-state index in [0.29, 0.717) is 40.6 Å². The summed E-state index contributed by atoms with van der Waals surface area (Å²) in [5.74, 6) is -4.16. The van der Waals surface area contributed by atoms with Gasteiger partial charge in [-0.1, -0.05) is 115 Å². The van der Waals surface area contributed by atoms with Gasteiger partial charge in [0.2, 0.25) is 23.6 Å². The Labute approximate surface area is 319 Å². The molecular weight excluding hydrogens is 700 g/mol. The predicted octanol–water partition coefficient (Wildman–Crippen LogP) is 8.12. The summed E-state index contributed by atoms with van der Waals surface area (Å²) in [6.45, 7) is 0.296. The van der Waals surface area contributed by atoms with E-state index >= 15 is 4.79 Å². The minimum atomic E-state index is -1.48. The lowest BCUT2D eigenvalue weighted by molar-refractivity contribution is -0.143. The van der Waals surface area contributed by atoms with Crippen LogP contribution in [0.15, 0.2) is 115 Å². The number of fused-ring (bicyclic) bond motifs is 4. The van der Waals surface area contributed by atoms with Crippen LogP contribution in [0, 0.1) is 23.7 Å². The molecule has 4 amide bonds. The van der Waals surface area contributed by atoms with Crippen molar-refractivity contribution in [2.45, 2.75) is 68.9 Å². The highest BCUT2D eigenvalue weighted by Crippen LogP contribution is 2.65. The smallest absolute Gasteiger partial charge is 0.246 e. The third-order valence-corrected chi connectivity index (χ3v) is 12.9. The van der Waals surface area contributed by atoms with Crippen LogP contribution in [-0.2, 0) is 31.2 Å². The molecule has 4 aromatic rings. The van der Waals surface area contributed by atoms with E-state index in [9.17, 15) is 19.5 Å². The maximum Gasteiger partial charge on any atom is 0.246 e. The molecule has 274 valence electrons. The van der Waals surface area contributed by atoms with Gasteiger partial charge in [-0.3, -0.25) is 24.1 Å². The Kier molecular flexibility index (Phi) is 8.69. The molecule has 6 atom stereocenters. The van der Waals surface area contributed by atoms with E-state index in [4.69, 9.17) is 16.3 Å². The van der Waals surface area contributed by atoms with E-state index in [-0.39, 0.29) is 35.9 Å². The first-order valence-corrected chi connectivity index (χ1v) is 19.4. The predicted molar refractivity (Wildman–Crippen MR) is 204 cm³/mol. The highest BCUT2D eigenvalue weighted by molar-refractivity contribution is 6.32. The monoisotopic (exact) mass is 740 g/mol. The fourth-order valence-electron chi connectivity index (χ4n) is 10.4. The number of carbonyl (C=O) groups is 4. The van der Waals surface area contributed by atoms with Gasteiger partial charge < -0.3 is 9.84 Å². The van der Waals surface area contributed by atoms with Crippen LogP contribution in [0.25, 0.3) is 0 Å². The maximum absolute atomic E-state index is 15.5. The Morgan fingerprint density at radius 1 is 0.778 bits per heavy atom. The van der Waals surface area contributed by atoms with Gasteiger partial charge in [0.15, 0.2) is 0 Å². The number of aromatic hydroxyl groups is 1. The van der Waals surface area contributed by atoms with Gasteiger partial charge in [0.1, 0.15) is 18.1 Å². The molecule has 54 heavy (non-hydrogen) atoms. The number of hydrogen-bond donors (Lipinski definition) is 1. The fourth-order valence-corrected chi connectivity index (χ4v) is 10.6. The molecule has 3 aliphatic carbocycles. The van der Waals surface area contributed by atoms with E-state index < -0.39 is 40.9 Å². The first-order chi connectivity index (χ1) is 26.3. The third-order valence-electron chi connectivity index (χ3n) is 12.7. The van der Waals surface area contributed by atoms with Crippen molar-refractivity contribution in [3.05, 3.63) is 136 Å². The number of nitrogens with zero attached hydrogens (tertiary/aromatic N) is 2. The highest BCUT2D eigenvalue weighted by Gasteiger charge is 2.70. The molecule has 2 saturated heterocycles. The number of halogens is 1. The SMILES string of the molecule is O=C1[C@@H]2C[C@@H]3C(=CC[C@@H]4C(=O)N(C5CCCCC5)C(=O)[C@@H]43)[C@H](c3ccc(OCc4ccccc4)cc3O)[C@]2(c2ccccc2)C(=O)N1c1cccc(Cl)c1. The van der Waals surface area contributed by atoms with Crippen molar-refractivity contribution in [2.24, 2.45) is 23.7 Å². The topological polar surface area (TPSA) is 104 Å². The normalized spacial score (nSPS) is 28.1. The summed E-state index contributed by atoms with van der Waals surface area (Å²) < 4.78 is 6.09. The highest BCUT2D eigenvalue weighted by atomic mass is 35.5. The summed E-state index contributed by atoms with van der Waals surface area (Å²) in [6, 6.07) is 30.8. The molecule has 2 heterocycles. The Hall–Kier alpha value is -5.21. The van der Waals surface area contributed by atoms with Crippen LogP contribution < -0.4 is 9.64 Å². The number of amides is 4. The number of phenols is 1. The van der Waals surface area contributed by atoms with Crippen LogP contribution in [0.4, 0.5) is 5.69 Å². The molecule has 8 nitrogen and oxygen atoms in total. The Morgan fingerprint density at radius 3 is 2.24 bits per heavy atom. The van der Waals surface area contributed by atoms with E-state index in [1.165, 1.54) is 4.90 Å². The summed E-state index contributed by atoms with van der Waals surface area (Å²) in [4.78, 5) is 62.0. The van der Waals surface area contributed by atoms with Crippen LogP contribution in [0.5, 0.6) is 11.5 Å². The van der Waals surface area contributed by atoms with Crippen LogP contribution in [0.1, 0.15) is 67.6 Å². The number of hydrogen-bond acceptors (Lipinski definition) is 6. The Balaban J connectivity index is 1.21. The van der Waals surface area contributed by atoms with Crippen molar-refractivity contribution >= 4 is 40.9 Å². The van der Waals surface area contributed by atoms with E-state index in [1.807, 2.05) is 66.7 Å². The lowest BCUT2D eigenvalue weighted by atomic mass is 9.49. The summed E-state index contributed by atoms with van der Waals surface area (Å²) in [5, 5.41) is 12.4. The zero-order chi connectivity index (χ0) is 37.1. The maximum atomic E-state index is 15.5. The van der Waals surface area contributed by atoms with Gasteiger partial charge in [-0.25, -0.2) is 4.90 Å². The zero-order valence-electron chi connectivity index (χ0n) is 29.8. The number of carbonyl (C=O) groups excluding carboxylic acids is 4. The van der Waals surface area contributed by atoms with Crippen molar-refractivity contribution < 1.29 is 29.0 Å². The van der Waals surface area contributed by atoms with Crippen molar-refractivity contribution in [3.8, 4) is 11.5 Å². The number of imide groups is 2. The number of phenolic OH excluding ortho intramolecular Hbond substituents is 1. The second-order valence-electron chi connectivity index (χ2n) is 15.4. The van der Waals surface area contributed by atoms with Crippen molar-refractivity contribution in [1.29, 1.82) is 0 Å². The summed E-state index contributed by atoms with van der Waals surface area (Å²) in [7, 11) is 0. The number of ether oxygens (including phenoxy) is 1. The first kappa shape index (κ1) is 34.6. The molecule has 5 aliphatic rings. The van der Waals surface area contributed by atoms with Gasteiger partial charge in [-0.15, -0.1) is 0 Å². The standard InChI is InChI=1S/C45H41ClN2O6/c46-29-15-10-18-31(23-29)48-42(51)37-25-36-33(21-22-35-39(36)43(52)47(41(35)50)30-16-8-3-9-17-30)40(45(37,44(48)53)28-13-6-2-7-14-28)34-20-19-32(24-38(34)49)54-26-27-11-4-1-5-12-27/h1-2,4-7,10-15,18-21,23-24,30,35-37,39-40,49H,3,8-9,16-17,22,25-26H2/t35-,36+,37-,39-,40+,45+/m0/s1. The number of allylic oxidation sites excluding steroid dienone is 2. The molecule has 0 aromatic heterocycles. The van der Waals surface area contributed by atoms with E-state index in [2.05, 4.69) is 0 Å². The van der Waals surface area contributed by atoms with Crippen LogP contribution >= 0.6 is 11.6 Å². The quantitative estimate of drug-likeness (QED) is 0.152. The summed E-state index contributed by atoms with van der Waals surface area (Å²) in [6.07, 6.45) is 7.24. The Morgan fingerprint density at radius 2 is 1.52 bits per heavy atom. The van der Waals surface area contributed by atoms with Crippen molar-refractivity contribution in [3.63, 3.8) is 0 Å². The molecule has 0 bridgehead atoms. The van der Waals surface area contributed by atoms with Gasteiger partial charge in [0, 0.05) is 28.6 Å². The van der Waals surface area contributed by atoms with Gasteiger partial charge in [-0.2, -0.15) is 0 Å². The number of rotatable bonds is 7. The van der Waals surface area contributed by atoms with E-state index in [0.717, 1.165) is 43.2 Å². The number of anilines is 1. The lowest BCUT2D eigenvalue weighted by Crippen LogP contribution is -2.53. The molecule has 0 spiro atoms. The molecule has 4 aromatic carbocycles. The largest absolute Gasteiger partial charge is 0.508 e. The van der Waals surface area contributed by atoms with Crippen molar-refractivity contribution in [2.75, 3.05) is 4.90 Å². The summed E-state index contributed by atoms with van der Waals surface area (Å²) >= 11 is 6.44. The molecule has 2 saturated carbocycles. The number of benzene rings is 4. The van der Waals surface area contributed by atoms with Gasteiger partial charge in [0.05, 0.1) is 28.9 Å². The molecule has 0 radical (unpaired) electrons. The van der Waals surface area contributed by atoms with Crippen LogP contribution in [-0.4, -0.2) is 39.7 Å². The average Bonchev–Trinajstić information content (AvgIpc) is 3.59. The van der Waals surface area contributed by atoms with Gasteiger partial charge in [-0.05, 0) is 67.0 Å². The van der Waals surface area contributed by atoms with Crippen LogP contribution in [0.3, 0.4) is 0 Å². The summed E-state index contributed by atoms with van der Waals surface area (Å²) in [5.41, 5.74) is 1.77. The molecule has 0 unspecified atom stereocenters. The minimum Gasteiger partial charge on any atom is -0.508 e. The first-order valence-electron chi connectivity index (χ1n) is 19.0. The van der Waals surface area contributed by atoms with Crippen LogP contribution in [0.2, 0.25) is 5.02 Å². The number of likely N-dealkylation sites (tertiary alicyclic amines) is 1. The molecule has 4 fully saturated rings.